The quantitative estimate of drug-likeness (QED) is 0.832. The van der Waals surface area contributed by atoms with Crippen molar-refractivity contribution >= 4 is 27.9 Å². The average molecular weight is 409 g/mol. The molecule has 0 radical (unpaired) electrons. The van der Waals surface area contributed by atoms with Crippen LogP contribution in [0.25, 0.3) is 0 Å². The third kappa shape index (κ3) is 3.50. The molecule has 2 rings (SSSR count). The third-order valence-electron chi connectivity index (χ3n) is 4.07. The van der Waals surface area contributed by atoms with Gasteiger partial charge in [-0.05, 0) is 24.6 Å². The van der Waals surface area contributed by atoms with E-state index in [1.54, 1.807) is 0 Å². The number of carbonyl (C=O) groups excluding carboxylic acids is 1. The maximum Gasteiger partial charge on any atom is 0.413 e. The van der Waals surface area contributed by atoms with E-state index >= 15 is 0 Å². The van der Waals surface area contributed by atoms with Gasteiger partial charge in [0.15, 0.2) is 6.04 Å². The molecule has 1 N–H and O–H groups in total. The lowest BCUT2D eigenvalue weighted by molar-refractivity contribution is -0.195. The summed E-state index contributed by atoms with van der Waals surface area (Å²) < 4.78 is 41.2. The smallest absolute Gasteiger partial charge is 0.413 e. The van der Waals surface area contributed by atoms with Gasteiger partial charge in [0.05, 0.1) is 5.41 Å². The van der Waals surface area contributed by atoms with Crippen molar-refractivity contribution in [2.24, 2.45) is 5.41 Å². The van der Waals surface area contributed by atoms with Crippen LogP contribution < -0.4 is 0 Å². The van der Waals surface area contributed by atoms with Crippen LogP contribution in [0.1, 0.15) is 18.5 Å². The first-order valence-electron chi connectivity index (χ1n) is 7.03. The molecule has 1 fully saturated rings. The summed E-state index contributed by atoms with van der Waals surface area (Å²) in [5.74, 6) is -0.731. The van der Waals surface area contributed by atoms with Crippen molar-refractivity contribution in [3.63, 3.8) is 0 Å². The lowest BCUT2D eigenvalue weighted by Gasteiger charge is -2.47. The molecule has 0 spiro atoms. The van der Waals surface area contributed by atoms with Gasteiger partial charge in [-0.25, -0.2) is 4.79 Å². The van der Waals surface area contributed by atoms with Crippen LogP contribution in [0.15, 0.2) is 28.7 Å². The van der Waals surface area contributed by atoms with Gasteiger partial charge in [0.1, 0.15) is 0 Å². The van der Waals surface area contributed by atoms with Crippen LogP contribution in [-0.4, -0.2) is 53.2 Å². The molecule has 9 heteroatoms. The number of hydrogen-bond donors (Lipinski definition) is 1. The molecule has 1 aliphatic heterocycles. The number of halogens is 4. The molecule has 5 nitrogen and oxygen atoms in total. The first-order valence-corrected chi connectivity index (χ1v) is 7.82. The highest BCUT2D eigenvalue weighted by Gasteiger charge is 2.53. The van der Waals surface area contributed by atoms with Gasteiger partial charge in [0.2, 0.25) is 5.91 Å². The summed E-state index contributed by atoms with van der Waals surface area (Å²) in [5.41, 5.74) is -1.20. The molecule has 1 aliphatic rings. The van der Waals surface area contributed by atoms with Gasteiger partial charge in [-0.2, -0.15) is 13.2 Å². The highest BCUT2D eigenvalue weighted by molar-refractivity contribution is 9.10. The Morgan fingerprint density at radius 1 is 1.29 bits per heavy atom. The fourth-order valence-electron chi connectivity index (χ4n) is 2.89. The van der Waals surface area contributed by atoms with Crippen molar-refractivity contribution in [1.82, 2.24) is 9.80 Å². The van der Waals surface area contributed by atoms with Crippen molar-refractivity contribution in [2.45, 2.75) is 19.1 Å². The van der Waals surface area contributed by atoms with Gasteiger partial charge in [-0.1, -0.05) is 28.1 Å². The topological polar surface area (TPSA) is 60.9 Å². The van der Waals surface area contributed by atoms with Crippen molar-refractivity contribution in [1.29, 1.82) is 0 Å². The van der Waals surface area contributed by atoms with E-state index in [1.165, 1.54) is 31.2 Å². The molecule has 132 valence electrons. The minimum Gasteiger partial charge on any atom is -0.465 e. The predicted molar refractivity (Wildman–Crippen MR) is 83.4 cm³/mol. The molecule has 1 aromatic carbocycles. The number of carbonyl (C=O) groups is 2. The Kier molecular flexibility index (Phi) is 4.85. The molecular formula is C15H16BrF3N2O3. The summed E-state index contributed by atoms with van der Waals surface area (Å²) in [5, 5.41) is 8.84. The predicted octanol–water partition coefficient (Wildman–Crippen LogP) is 3.51. The molecule has 0 aliphatic carbocycles. The van der Waals surface area contributed by atoms with E-state index in [9.17, 15) is 22.8 Å². The van der Waals surface area contributed by atoms with Gasteiger partial charge in [-0.15, -0.1) is 0 Å². The van der Waals surface area contributed by atoms with Crippen molar-refractivity contribution < 1.29 is 27.9 Å². The molecule has 1 atom stereocenters. The second-order valence-electron chi connectivity index (χ2n) is 6.11. The SMILES string of the molecule is CN(C(=O)C1(C)CN(C(=O)O)C1)C(c1ccc(Br)cc1)C(F)(F)F. The van der Waals surface area contributed by atoms with Crippen LogP contribution in [0.4, 0.5) is 18.0 Å². The number of hydrogen-bond acceptors (Lipinski definition) is 2. The fourth-order valence-corrected chi connectivity index (χ4v) is 3.15. The summed E-state index contributed by atoms with van der Waals surface area (Å²) >= 11 is 3.16. The number of rotatable bonds is 3. The summed E-state index contributed by atoms with van der Waals surface area (Å²) in [6, 6.07) is 3.47. The molecule has 0 bridgehead atoms. The second kappa shape index (κ2) is 6.27. The fraction of sp³-hybridized carbons (Fsp3) is 0.467. The largest absolute Gasteiger partial charge is 0.465 e. The maximum absolute atomic E-state index is 13.5. The first kappa shape index (κ1) is 18.6. The average Bonchev–Trinajstić information content (AvgIpc) is 2.43. The van der Waals surface area contributed by atoms with E-state index in [-0.39, 0.29) is 18.7 Å². The van der Waals surface area contributed by atoms with Gasteiger partial charge in [0, 0.05) is 24.6 Å². The van der Waals surface area contributed by atoms with Crippen LogP contribution in [0, 0.1) is 5.41 Å². The van der Waals surface area contributed by atoms with Gasteiger partial charge >= 0.3 is 12.3 Å². The van der Waals surface area contributed by atoms with Crippen LogP contribution in [-0.2, 0) is 4.79 Å². The van der Waals surface area contributed by atoms with Gasteiger partial charge in [0.25, 0.3) is 0 Å². The summed E-state index contributed by atoms with van der Waals surface area (Å²) in [6.07, 6.45) is -5.84. The minimum absolute atomic E-state index is 0.0560. The Balaban J connectivity index is 2.26. The zero-order chi connectivity index (χ0) is 18.3. The molecule has 2 amide bonds. The minimum atomic E-state index is -4.65. The number of alkyl halides is 3. The number of likely N-dealkylation sites (tertiary alicyclic amines) is 1. The van der Waals surface area contributed by atoms with E-state index in [0.29, 0.717) is 9.37 Å². The lowest BCUT2D eigenvalue weighted by atomic mass is 9.80. The van der Waals surface area contributed by atoms with E-state index in [1.807, 2.05) is 0 Å². The number of carboxylic acid groups (broad SMARTS) is 1. The summed E-state index contributed by atoms with van der Waals surface area (Å²) in [4.78, 5) is 25.0. The van der Waals surface area contributed by atoms with E-state index in [4.69, 9.17) is 5.11 Å². The molecule has 24 heavy (non-hydrogen) atoms. The zero-order valence-corrected chi connectivity index (χ0v) is 14.6. The van der Waals surface area contributed by atoms with E-state index < -0.39 is 29.6 Å². The first-order chi connectivity index (χ1) is 11.0. The molecule has 0 saturated carbocycles. The van der Waals surface area contributed by atoms with Crippen molar-refractivity contribution in [3.8, 4) is 0 Å². The molecular weight excluding hydrogens is 393 g/mol. The van der Waals surface area contributed by atoms with E-state index in [2.05, 4.69) is 15.9 Å². The highest BCUT2D eigenvalue weighted by Crippen LogP contribution is 2.41. The maximum atomic E-state index is 13.5. The molecule has 1 aromatic rings. The van der Waals surface area contributed by atoms with Crippen LogP contribution in [0.5, 0.6) is 0 Å². The Labute approximate surface area is 145 Å². The Morgan fingerprint density at radius 3 is 2.21 bits per heavy atom. The van der Waals surface area contributed by atoms with Crippen molar-refractivity contribution in [3.05, 3.63) is 34.3 Å². The zero-order valence-electron chi connectivity index (χ0n) is 13.0. The molecule has 1 heterocycles. The summed E-state index contributed by atoms with van der Waals surface area (Å²) in [7, 11) is 1.09. The third-order valence-corrected chi connectivity index (χ3v) is 4.60. The molecule has 0 aromatic heterocycles. The van der Waals surface area contributed by atoms with Crippen LogP contribution >= 0.6 is 15.9 Å². The summed E-state index contributed by atoms with van der Waals surface area (Å²) in [6.45, 7) is 1.24. The Hall–Kier alpha value is -1.77. The van der Waals surface area contributed by atoms with E-state index in [0.717, 1.165) is 11.9 Å². The number of amides is 2. The monoisotopic (exact) mass is 408 g/mol. The highest BCUT2D eigenvalue weighted by atomic mass is 79.9. The molecule has 1 unspecified atom stereocenters. The lowest BCUT2D eigenvalue weighted by Crippen LogP contribution is -2.63. The van der Waals surface area contributed by atoms with Gasteiger partial charge < -0.3 is 14.9 Å². The molecule has 1 saturated heterocycles. The van der Waals surface area contributed by atoms with Crippen molar-refractivity contribution in [2.75, 3.05) is 20.1 Å². The van der Waals surface area contributed by atoms with Crippen LogP contribution in [0.3, 0.4) is 0 Å². The van der Waals surface area contributed by atoms with Crippen LogP contribution in [0.2, 0.25) is 0 Å². The number of nitrogens with zero attached hydrogens (tertiary/aromatic N) is 2. The second-order valence-corrected chi connectivity index (χ2v) is 7.03. The standard InChI is InChI=1S/C15H16BrF3N2O3/c1-14(7-21(8-14)13(23)24)12(22)20(2)11(15(17,18)19)9-3-5-10(16)6-4-9/h3-6,11H,7-8H2,1-2H3,(H,23,24). The Morgan fingerprint density at radius 2 is 1.79 bits per heavy atom. The Bertz CT molecular complexity index is 642. The number of benzene rings is 1. The van der Waals surface area contributed by atoms with Gasteiger partial charge in [-0.3, -0.25) is 4.79 Å². The normalized spacial score (nSPS) is 17.8.